The summed E-state index contributed by atoms with van der Waals surface area (Å²) in [6.07, 6.45) is 2.59. The number of rotatable bonds is 8. The van der Waals surface area contributed by atoms with Crippen molar-refractivity contribution in [1.29, 1.82) is 0 Å². The molecule has 0 atom stereocenters. The Labute approximate surface area is 157 Å². The van der Waals surface area contributed by atoms with E-state index < -0.39 is 0 Å². The van der Waals surface area contributed by atoms with Gasteiger partial charge in [-0.25, -0.2) is 4.99 Å². The van der Waals surface area contributed by atoms with E-state index in [1.54, 1.807) is 18.3 Å². The highest BCUT2D eigenvalue weighted by atomic mass is 35.5. The van der Waals surface area contributed by atoms with Crippen LogP contribution in [0.25, 0.3) is 0 Å². The molecule has 1 aromatic carbocycles. The summed E-state index contributed by atoms with van der Waals surface area (Å²) in [5.74, 6) is 1.06. The lowest BCUT2D eigenvalue weighted by Gasteiger charge is -2.11. The number of nitrogens with one attached hydrogen (secondary N) is 1. The van der Waals surface area contributed by atoms with Gasteiger partial charge in [0.25, 0.3) is 5.91 Å². The van der Waals surface area contributed by atoms with E-state index in [4.69, 9.17) is 16.3 Å². The van der Waals surface area contributed by atoms with Crippen LogP contribution in [0, 0.1) is 5.92 Å². The van der Waals surface area contributed by atoms with Crippen molar-refractivity contribution in [2.45, 2.75) is 27.2 Å². The third-order valence-corrected chi connectivity index (χ3v) is 4.35. The topological polar surface area (TPSA) is 50.7 Å². The van der Waals surface area contributed by atoms with Crippen molar-refractivity contribution in [3.05, 3.63) is 45.8 Å². The van der Waals surface area contributed by atoms with Crippen LogP contribution < -0.4 is 10.1 Å². The van der Waals surface area contributed by atoms with Crippen LogP contribution in [-0.2, 0) is 0 Å². The van der Waals surface area contributed by atoms with Crippen molar-refractivity contribution in [2.24, 2.45) is 10.9 Å². The van der Waals surface area contributed by atoms with Crippen molar-refractivity contribution in [3.8, 4) is 5.75 Å². The van der Waals surface area contributed by atoms with Crippen LogP contribution in [0.5, 0.6) is 5.75 Å². The van der Waals surface area contributed by atoms with Gasteiger partial charge in [0, 0.05) is 23.3 Å². The van der Waals surface area contributed by atoms with Crippen molar-refractivity contribution in [2.75, 3.05) is 13.2 Å². The van der Waals surface area contributed by atoms with E-state index in [2.05, 4.69) is 24.2 Å². The van der Waals surface area contributed by atoms with E-state index in [0.717, 1.165) is 17.7 Å². The highest BCUT2D eigenvalue weighted by Crippen LogP contribution is 2.28. The molecular formula is C19H23ClN2O2S. The molecule has 134 valence electrons. The zero-order valence-electron chi connectivity index (χ0n) is 14.7. The number of nitrogens with zero attached hydrogens (tertiary/aromatic N) is 1. The first kappa shape index (κ1) is 19.5. The van der Waals surface area contributed by atoms with Crippen LogP contribution in [-0.4, -0.2) is 25.3 Å². The lowest BCUT2D eigenvalue weighted by Crippen LogP contribution is -2.23. The summed E-state index contributed by atoms with van der Waals surface area (Å²) in [4.78, 5) is 16.7. The van der Waals surface area contributed by atoms with Crippen LogP contribution in [0.4, 0.5) is 5.00 Å². The number of hydrogen-bond acceptors (Lipinski definition) is 4. The third kappa shape index (κ3) is 5.87. The molecule has 25 heavy (non-hydrogen) atoms. The first-order valence-electron chi connectivity index (χ1n) is 8.33. The molecule has 1 aromatic heterocycles. The molecule has 0 saturated heterocycles. The monoisotopic (exact) mass is 378 g/mol. The second-order valence-electron chi connectivity index (χ2n) is 6.04. The third-order valence-electron chi connectivity index (χ3n) is 3.29. The molecule has 0 radical (unpaired) electrons. The van der Waals surface area contributed by atoms with Gasteiger partial charge in [-0.1, -0.05) is 32.4 Å². The van der Waals surface area contributed by atoms with Crippen molar-refractivity contribution in [3.63, 3.8) is 0 Å². The Balaban J connectivity index is 2.21. The number of benzene rings is 1. The highest BCUT2D eigenvalue weighted by Gasteiger charge is 2.12. The smallest absolute Gasteiger partial charge is 0.254 e. The summed E-state index contributed by atoms with van der Waals surface area (Å²) in [5.41, 5.74) is 1.38. The number of aliphatic imine (C=N–C) groups is 1. The number of ether oxygens (including phenoxy) is 1. The molecule has 0 bridgehead atoms. The van der Waals surface area contributed by atoms with Gasteiger partial charge >= 0.3 is 0 Å². The van der Waals surface area contributed by atoms with Crippen molar-refractivity contribution < 1.29 is 9.53 Å². The maximum Gasteiger partial charge on any atom is 0.254 e. The average molecular weight is 379 g/mol. The molecule has 1 amide bonds. The Morgan fingerprint density at radius 2 is 2.20 bits per heavy atom. The molecule has 0 unspecified atom stereocenters. The van der Waals surface area contributed by atoms with Gasteiger partial charge in [0.2, 0.25) is 0 Å². The van der Waals surface area contributed by atoms with Gasteiger partial charge in [-0.2, -0.15) is 0 Å². The minimum atomic E-state index is -0.0994. The van der Waals surface area contributed by atoms with Gasteiger partial charge in [-0.3, -0.25) is 4.79 Å². The van der Waals surface area contributed by atoms with E-state index in [9.17, 15) is 4.79 Å². The Bertz CT molecular complexity index is 741. The minimum Gasteiger partial charge on any atom is -0.493 e. The number of carbonyl (C=O) groups excluding carboxylic acids is 1. The van der Waals surface area contributed by atoms with Crippen molar-refractivity contribution in [1.82, 2.24) is 5.32 Å². The van der Waals surface area contributed by atoms with Gasteiger partial charge in [-0.05, 0) is 42.0 Å². The number of carbonyl (C=O) groups is 1. The lowest BCUT2D eigenvalue weighted by molar-refractivity contribution is 0.0955. The van der Waals surface area contributed by atoms with Gasteiger partial charge in [0.15, 0.2) is 0 Å². The SMILES string of the molecule is CCCNC(=O)c1ccsc1N=Cc1cc(Cl)ccc1OCC(C)C. The zero-order chi connectivity index (χ0) is 18.2. The van der Waals surface area contributed by atoms with Gasteiger partial charge in [0.05, 0.1) is 12.2 Å². The van der Waals surface area contributed by atoms with E-state index >= 15 is 0 Å². The summed E-state index contributed by atoms with van der Waals surface area (Å²) in [6.45, 7) is 7.48. The molecule has 0 aliphatic heterocycles. The highest BCUT2D eigenvalue weighted by molar-refractivity contribution is 7.14. The van der Waals surface area contributed by atoms with E-state index in [-0.39, 0.29) is 5.91 Å². The molecule has 2 rings (SSSR count). The Morgan fingerprint density at radius 3 is 2.92 bits per heavy atom. The molecule has 1 N–H and O–H groups in total. The predicted molar refractivity (Wildman–Crippen MR) is 106 cm³/mol. The van der Waals surface area contributed by atoms with Crippen LogP contribution in [0.15, 0.2) is 34.6 Å². The molecule has 2 aromatic rings. The first-order valence-corrected chi connectivity index (χ1v) is 9.59. The molecule has 0 aliphatic rings. The molecule has 4 nitrogen and oxygen atoms in total. The quantitative estimate of drug-likeness (QED) is 0.631. The van der Waals surface area contributed by atoms with Crippen LogP contribution >= 0.6 is 22.9 Å². The fraction of sp³-hybridized carbons (Fsp3) is 0.368. The van der Waals surface area contributed by atoms with Crippen LogP contribution in [0.2, 0.25) is 5.02 Å². The number of halogens is 1. The fourth-order valence-electron chi connectivity index (χ4n) is 2.04. The normalized spacial score (nSPS) is 11.2. The first-order chi connectivity index (χ1) is 12.0. The van der Waals surface area contributed by atoms with E-state index in [1.165, 1.54) is 11.3 Å². The Hall–Kier alpha value is -1.85. The molecular weight excluding hydrogens is 356 g/mol. The maximum atomic E-state index is 12.2. The Morgan fingerprint density at radius 1 is 1.40 bits per heavy atom. The molecule has 0 spiro atoms. The van der Waals surface area contributed by atoms with E-state index in [1.807, 2.05) is 24.4 Å². The molecule has 6 heteroatoms. The van der Waals surface area contributed by atoms with Crippen LogP contribution in [0.3, 0.4) is 0 Å². The summed E-state index contributed by atoms with van der Waals surface area (Å²) in [7, 11) is 0. The standard InChI is InChI=1S/C19H23ClN2O2S/c1-4-8-21-18(23)16-7-9-25-19(16)22-11-14-10-15(20)5-6-17(14)24-12-13(2)3/h5-7,9-11,13H,4,8,12H2,1-3H3,(H,21,23). The molecule has 0 fully saturated rings. The number of thiophene rings is 1. The minimum absolute atomic E-state index is 0.0994. The second-order valence-corrected chi connectivity index (χ2v) is 7.37. The summed E-state index contributed by atoms with van der Waals surface area (Å²) in [6, 6.07) is 7.24. The maximum absolute atomic E-state index is 12.2. The lowest BCUT2D eigenvalue weighted by atomic mass is 10.2. The Kier molecular flexibility index (Phi) is 7.47. The van der Waals surface area contributed by atoms with Gasteiger partial charge in [-0.15, -0.1) is 11.3 Å². The summed E-state index contributed by atoms with van der Waals surface area (Å²) >= 11 is 7.53. The van der Waals surface area contributed by atoms with E-state index in [0.29, 0.717) is 34.7 Å². The number of amides is 1. The van der Waals surface area contributed by atoms with Crippen molar-refractivity contribution >= 4 is 40.1 Å². The largest absolute Gasteiger partial charge is 0.493 e. The van der Waals surface area contributed by atoms with Gasteiger partial charge < -0.3 is 10.1 Å². The fourth-order valence-corrected chi connectivity index (χ4v) is 2.96. The summed E-state index contributed by atoms with van der Waals surface area (Å²) < 4.78 is 5.83. The number of hydrogen-bond donors (Lipinski definition) is 1. The average Bonchev–Trinajstić information content (AvgIpc) is 3.05. The predicted octanol–water partition coefficient (Wildman–Crippen LogP) is 5.33. The second kappa shape index (κ2) is 9.59. The molecule has 1 heterocycles. The molecule has 0 saturated carbocycles. The van der Waals surface area contributed by atoms with Crippen LogP contribution in [0.1, 0.15) is 43.1 Å². The summed E-state index contributed by atoms with van der Waals surface area (Å²) in [5, 5.41) is 6.02. The molecule has 0 aliphatic carbocycles. The van der Waals surface area contributed by atoms with Gasteiger partial charge in [0.1, 0.15) is 10.8 Å². The zero-order valence-corrected chi connectivity index (χ0v) is 16.3.